The Morgan fingerprint density at radius 3 is 2.43 bits per heavy atom. The van der Waals surface area contributed by atoms with E-state index < -0.39 is 5.91 Å². The van der Waals surface area contributed by atoms with Crippen LogP contribution in [0.25, 0.3) is 0 Å². The zero-order chi connectivity index (χ0) is 16.7. The van der Waals surface area contributed by atoms with Gasteiger partial charge < -0.3 is 15.7 Å². The molecule has 2 aromatic carbocycles. The largest absolute Gasteiger partial charge is 0.508 e. The number of nitriles is 1. The van der Waals surface area contributed by atoms with Gasteiger partial charge in [0.1, 0.15) is 17.4 Å². The lowest BCUT2D eigenvalue weighted by atomic mass is 10.2. The van der Waals surface area contributed by atoms with E-state index >= 15 is 0 Å². The summed E-state index contributed by atoms with van der Waals surface area (Å²) in [6, 6.07) is 15.6. The Morgan fingerprint density at radius 2 is 1.83 bits per heavy atom. The highest BCUT2D eigenvalue weighted by molar-refractivity contribution is 9.10. The van der Waals surface area contributed by atoms with E-state index in [1.807, 2.05) is 30.3 Å². The fraction of sp³-hybridized carbons (Fsp3) is 0.0588. The molecule has 0 spiro atoms. The molecule has 0 heterocycles. The van der Waals surface area contributed by atoms with Crippen molar-refractivity contribution >= 4 is 27.5 Å². The quantitative estimate of drug-likeness (QED) is 0.427. The number of hydrogen-bond acceptors (Lipinski definition) is 4. The average molecular weight is 372 g/mol. The first-order valence-corrected chi connectivity index (χ1v) is 7.56. The molecule has 2 rings (SSSR count). The predicted molar refractivity (Wildman–Crippen MR) is 91.4 cm³/mol. The van der Waals surface area contributed by atoms with E-state index in [0.717, 1.165) is 10.0 Å². The number of carbonyl (C=O) groups excluding carboxylic acids is 1. The van der Waals surface area contributed by atoms with Gasteiger partial charge in [-0.15, -0.1) is 0 Å². The Bertz CT molecular complexity index is 747. The summed E-state index contributed by atoms with van der Waals surface area (Å²) in [5, 5.41) is 23.8. The van der Waals surface area contributed by atoms with Crippen molar-refractivity contribution in [3.63, 3.8) is 0 Å². The molecule has 0 aromatic heterocycles. The summed E-state index contributed by atoms with van der Waals surface area (Å²) in [4.78, 5) is 12.0. The Kier molecular flexibility index (Phi) is 5.78. The molecule has 0 fully saturated rings. The first kappa shape index (κ1) is 16.6. The Labute approximate surface area is 142 Å². The molecule has 0 aliphatic carbocycles. The molecule has 116 valence electrons. The first-order chi connectivity index (χ1) is 11.1. The van der Waals surface area contributed by atoms with Gasteiger partial charge in [0.15, 0.2) is 0 Å². The van der Waals surface area contributed by atoms with Crippen LogP contribution in [0, 0.1) is 11.3 Å². The second kappa shape index (κ2) is 8.01. The maximum atomic E-state index is 12.0. The van der Waals surface area contributed by atoms with Gasteiger partial charge in [-0.3, -0.25) is 4.79 Å². The predicted octanol–water partition coefficient (Wildman–Crippen LogP) is 3.29. The van der Waals surface area contributed by atoms with Gasteiger partial charge in [-0.05, 0) is 42.0 Å². The number of amides is 1. The fourth-order valence-corrected chi connectivity index (χ4v) is 2.03. The standard InChI is InChI=1S/C17H14BrN3O2/c18-14-3-1-12(2-4-14)10-20-11-13(9-19)17(23)21-15-5-7-16(22)8-6-15/h1-8,11,20,22H,10H2,(H,21,23)/b13-11-. The van der Waals surface area contributed by atoms with E-state index in [2.05, 4.69) is 26.6 Å². The normalized spacial score (nSPS) is 10.7. The van der Waals surface area contributed by atoms with E-state index in [1.165, 1.54) is 18.3 Å². The van der Waals surface area contributed by atoms with Crippen molar-refractivity contribution in [3.8, 4) is 11.8 Å². The van der Waals surface area contributed by atoms with Gasteiger partial charge in [0.05, 0.1) is 0 Å². The third-order valence-electron chi connectivity index (χ3n) is 2.96. The zero-order valence-corrected chi connectivity index (χ0v) is 13.7. The maximum absolute atomic E-state index is 12.0. The molecule has 0 unspecified atom stereocenters. The van der Waals surface area contributed by atoms with Crippen LogP contribution < -0.4 is 10.6 Å². The van der Waals surface area contributed by atoms with Crippen LogP contribution in [-0.2, 0) is 11.3 Å². The van der Waals surface area contributed by atoms with Crippen LogP contribution in [0.5, 0.6) is 5.75 Å². The number of nitrogens with zero attached hydrogens (tertiary/aromatic N) is 1. The third kappa shape index (κ3) is 5.16. The second-order valence-electron chi connectivity index (χ2n) is 4.68. The van der Waals surface area contributed by atoms with Crippen molar-refractivity contribution in [1.82, 2.24) is 5.32 Å². The van der Waals surface area contributed by atoms with E-state index in [-0.39, 0.29) is 11.3 Å². The number of phenols is 1. The van der Waals surface area contributed by atoms with Crippen LogP contribution in [0.4, 0.5) is 5.69 Å². The smallest absolute Gasteiger partial charge is 0.267 e. The van der Waals surface area contributed by atoms with Crippen molar-refractivity contribution < 1.29 is 9.90 Å². The molecule has 0 saturated carbocycles. The van der Waals surface area contributed by atoms with E-state index in [9.17, 15) is 9.90 Å². The number of benzene rings is 2. The molecule has 6 heteroatoms. The van der Waals surface area contributed by atoms with Gasteiger partial charge in [-0.1, -0.05) is 28.1 Å². The van der Waals surface area contributed by atoms with Crippen LogP contribution in [-0.4, -0.2) is 11.0 Å². The van der Waals surface area contributed by atoms with E-state index in [0.29, 0.717) is 12.2 Å². The van der Waals surface area contributed by atoms with Crippen LogP contribution in [0.1, 0.15) is 5.56 Å². The number of rotatable bonds is 5. The van der Waals surface area contributed by atoms with E-state index in [1.54, 1.807) is 12.1 Å². The topological polar surface area (TPSA) is 85.2 Å². The first-order valence-electron chi connectivity index (χ1n) is 6.77. The number of hydrogen-bond donors (Lipinski definition) is 3. The molecule has 23 heavy (non-hydrogen) atoms. The van der Waals surface area contributed by atoms with Gasteiger partial charge in [0.2, 0.25) is 0 Å². The molecule has 1 amide bonds. The Hall–Kier alpha value is -2.78. The average Bonchev–Trinajstić information content (AvgIpc) is 2.55. The molecule has 2 aromatic rings. The van der Waals surface area contributed by atoms with Crippen molar-refractivity contribution in [2.45, 2.75) is 6.54 Å². The summed E-state index contributed by atoms with van der Waals surface area (Å²) in [5.74, 6) is -0.406. The van der Waals surface area contributed by atoms with Crippen LogP contribution in [0.15, 0.2) is 64.8 Å². The number of phenolic OH excluding ortho intramolecular Hbond substituents is 1. The Balaban J connectivity index is 1.95. The van der Waals surface area contributed by atoms with Gasteiger partial charge >= 0.3 is 0 Å². The van der Waals surface area contributed by atoms with Gasteiger partial charge in [-0.25, -0.2) is 0 Å². The van der Waals surface area contributed by atoms with Crippen LogP contribution in [0.2, 0.25) is 0 Å². The molecule has 0 aliphatic heterocycles. The maximum Gasteiger partial charge on any atom is 0.267 e. The lowest BCUT2D eigenvalue weighted by Gasteiger charge is -2.05. The number of carbonyl (C=O) groups is 1. The molecule has 0 radical (unpaired) electrons. The molecule has 3 N–H and O–H groups in total. The minimum Gasteiger partial charge on any atom is -0.508 e. The monoisotopic (exact) mass is 371 g/mol. The van der Waals surface area contributed by atoms with Crippen molar-refractivity contribution in [1.29, 1.82) is 5.26 Å². The molecular weight excluding hydrogens is 358 g/mol. The highest BCUT2D eigenvalue weighted by Gasteiger charge is 2.09. The summed E-state index contributed by atoms with van der Waals surface area (Å²) >= 11 is 3.36. The number of anilines is 1. The van der Waals surface area contributed by atoms with Gasteiger partial charge in [0.25, 0.3) is 5.91 Å². The zero-order valence-electron chi connectivity index (χ0n) is 12.1. The Morgan fingerprint density at radius 1 is 1.17 bits per heavy atom. The molecule has 0 atom stereocenters. The highest BCUT2D eigenvalue weighted by Crippen LogP contribution is 2.14. The van der Waals surface area contributed by atoms with Crippen molar-refractivity contribution in [2.75, 3.05) is 5.32 Å². The minimum atomic E-state index is -0.513. The number of aromatic hydroxyl groups is 1. The summed E-state index contributed by atoms with van der Waals surface area (Å²) in [6.07, 6.45) is 1.39. The van der Waals surface area contributed by atoms with Crippen molar-refractivity contribution in [2.24, 2.45) is 0 Å². The van der Waals surface area contributed by atoms with Crippen LogP contribution in [0.3, 0.4) is 0 Å². The molecular formula is C17H14BrN3O2. The summed E-state index contributed by atoms with van der Waals surface area (Å²) < 4.78 is 0.989. The SMILES string of the molecule is N#C/C(=C/NCc1ccc(Br)cc1)C(=O)Nc1ccc(O)cc1. The highest BCUT2D eigenvalue weighted by atomic mass is 79.9. The summed E-state index contributed by atoms with van der Waals surface area (Å²) in [5.41, 5.74) is 1.50. The fourth-order valence-electron chi connectivity index (χ4n) is 1.76. The van der Waals surface area contributed by atoms with E-state index in [4.69, 9.17) is 5.26 Å². The molecule has 0 bridgehead atoms. The van der Waals surface area contributed by atoms with Gasteiger partial charge in [0, 0.05) is 22.9 Å². The molecule has 0 saturated heterocycles. The molecule has 0 aliphatic rings. The lowest BCUT2D eigenvalue weighted by molar-refractivity contribution is -0.112. The van der Waals surface area contributed by atoms with Gasteiger partial charge in [-0.2, -0.15) is 5.26 Å². The number of nitrogens with one attached hydrogen (secondary N) is 2. The third-order valence-corrected chi connectivity index (χ3v) is 3.48. The van der Waals surface area contributed by atoms with Crippen molar-refractivity contribution in [3.05, 3.63) is 70.3 Å². The van der Waals surface area contributed by atoms with Crippen LogP contribution >= 0.6 is 15.9 Å². The number of halogens is 1. The lowest BCUT2D eigenvalue weighted by Crippen LogP contribution is -2.16. The minimum absolute atomic E-state index is 0.0322. The summed E-state index contributed by atoms with van der Waals surface area (Å²) in [6.45, 7) is 0.505. The second-order valence-corrected chi connectivity index (χ2v) is 5.59. The molecule has 5 nitrogen and oxygen atoms in total. The summed E-state index contributed by atoms with van der Waals surface area (Å²) in [7, 11) is 0.